The minimum atomic E-state index is -0.325. The van der Waals surface area contributed by atoms with E-state index < -0.39 is 0 Å². The maximum Gasteiger partial charge on any atom is 0.295 e. The second-order valence-corrected chi connectivity index (χ2v) is 4.81. The fraction of sp³-hybridized carbons (Fsp3) is 0.0588. The van der Waals surface area contributed by atoms with Gasteiger partial charge in [0.2, 0.25) is 0 Å². The number of hydrogen-bond donors (Lipinski definition) is 0. The molecule has 3 aromatic rings. The zero-order valence-corrected chi connectivity index (χ0v) is 11.6. The predicted octanol–water partition coefficient (Wildman–Crippen LogP) is 4.27. The molecule has 0 unspecified atom stereocenters. The second-order valence-electron chi connectivity index (χ2n) is 4.81. The van der Waals surface area contributed by atoms with Crippen LogP contribution in [0.15, 0.2) is 66.7 Å². The monoisotopic (exact) mass is 278 g/mol. The minimum Gasteiger partial charge on any atom is -0.338 e. The first kappa shape index (κ1) is 13.1. The molecule has 1 aromatic heterocycles. The zero-order valence-electron chi connectivity index (χ0n) is 11.6. The van der Waals surface area contributed by atoms with Crippen molar-refractivity contribution in [3.63, 3.8) is 0 Å². The molecule has 0 radical (unpaired) electrons. The third kappa shape index (κ3) is 2.31. The van der Waals surface area contributed by atoms with E-state index in [2.05, 4.69) is 0 Å². The van der Waals surface area contributed by atoms with E-state index in [1.165, 1.54) is 0 Å². The first-order valence-electron chi connectivity index (χ1n) is 6.63. The molecule has 0 saturated heterocycles. The average molecular weight is 278 g/mol. The van der Waals surface area contributed by atoms with Gasteiger partial charge in [0.25, 0.3) is 5.69 Å². The molecule has 0 saturated carbocycles. The van der Waals surface area contributed by atoms with Crippen LogP contribution >= 0.6 is 0 Å². The molecule has 0 amide bonds. The lowest BCUT2D eigenvalue weighted by atomic mass is 10.1. The van der Waals surface area contributed by atoms with Crippen molar-refractivity contribution >= 4 is 5.69 Å². The summed E-state index contributed by atoms with van der Waals surface area (Å²) in [7, 11) is 1.86. The number of aromatic nitrogens is 1. The van der Waals surface area contributed by atoms with Gasteiger partial charge in [-0.1, -0.05) is 60.7 Å². The summed E-state index contributed by atoms with van der Waals surface area (Å²) in [6.45, 7) is 0. The van der Waals surface area contributed by atoms with Crippen LogP contribution in [-0.4, -0.2) is 9.49 Å². The third-order valence-corrected chi connectivity index (χ3v) is 3.53. The molecule has 0 N–H and O–H groups in total. The van der Waals surface area contributed by atoms with Gasteiger partial charge in [-0.3, -0.25) is 10.1 Å². The average Bonchev–Trinajstić information content (AvgIpc) is 2.87. The number of benzene rings is 2. The van der Waals surface area contributed by atoms with Gasteiger partial charge in [0.15, 0.2) is 0 Å². The van der Waals surface area contributed by atoms with Gasteiger partial charge in [-0.05, 0) is 5.56 Å². The summed E-state index contributed by atoms with van der Waals surface area (Å²) in [6, 6.07) is 20.8. The Morgan fingerprint density at radius 1 is 0.905 bits per heavy atom. The zero-order chi connectivity index (χ0) is 14.8. The Bertz CT molecular complexity index is 777. The summed E-state index contributed by atoms with van der Waals surface area (Å²) in [5.74, 6) is 0. The largest absolute Gasteiger partial charge is 0.338 e. The molecule has 1 heterocycles. The first-order valence-corrected chi connectivity index (χ1v) is 6.63. The van der Waals surface area contributed by atoms with Crippen LogP contribution in [0.2, 0.25) is 0 Å². The van der Waals surface area contributed by atoms with E-state index in [1.54, 1.807) is 6.07 Å². The molecule has 0 atom stereocenters. The molecule has 0 aliphatic rings. The van der Waals surface area contributed by atoms with E-state index in [9.17, 15) is 10.1 Å². The second kappa shape index (κ2) is 5.25. The van der Waals surface area contributed by atoms with E-state index in [-0.39, 0.29) is 10.6 Å². The Kier molecular flexibility index (Phi) is 3.28. The van der Waals surface area contributed by atoms with E-state index in [4.69, 9.17) is 0 Å². The predicted molar refractivity (Wildman–Crippen MR) is 82.9 cm³/mol. The number of nitrogens with zero attached hydrogens (tertiary/aromatic N) is 2. The number of nitro groups is 1. The van der Waals surface area contributed by atoms with Crippen LogP contribution in [0.25, 0.3) is 22.5 Å². The molecule has 4 nitrogen and oxygen atoms in total. The molecule has 4 heteroatoms. The van der Waals surface area contributed by atoms with Gasteiger partial charge < -0.3 is 4.57 Å². The van der Waals surface area contributed by atoms with E-state index >= 15 is 0 Å². The van der Waals surface area contributed by atoms with Crippen molar-refractivity contribution in [2.24, 2.45) is 7.05 Å². The molecule has 3 rings (SSSR count). The molecule has 21 heavy (non-hydrogen) atoms. The molecular weight excluding hydrogens is 264 g/mol. The molecule has 104 valence electrons. The lowest BCUT2D eigenvalue weighted by molar-refractivity contribution is -0.384. The SMILES string of the molecule is Cn1c(-c2ccccc2)cc([N+](=O)[O-])c1-c1ccccc1. The van der Waals surface area contributed by atoms with Crippen LogP contribution in [-0.2, 0) is 7.05 Å². The van der Waals surface area contributed by atoms with Crippen molar-refractivity contribution in [2.75, 3.05) is 0 Å². The summed E-state index contributed by atoms with van der Waals surface area (Å²) in [6.07, 6.45) is 0. The molecule has 0 aliphatic heterocycles. The Hall–Kier alpha value is -2.88. The highest BCUT2D eigenvalue weighted by atomic mass is 16.6. The first-order chi connectivity index (χ1) is 10.2. The van der Waals surface area contributed by atoms with E-state index in [0.29, 0.717) is 5.69 Å². The smallest absolute Gasteiger partial charge is 0.295 e. The quantitative estimate of drug-likeness (QED) is 0.530. The van der Waals surface area contributed by atoms with Crippen LogP contribution < -0.4 is 0 Å². The normalized spacial score (nSPS) is 10.5. The Balaban J connectivity index is 2.25. The Labute approximate surface area is 122 Å². The molecule has 2 aromatic carbocycles. The molecule has 0 fully saturated rings. The molecule has 0 bridgehead atoms. The van der Waals surface area contributed by atoms with Crippen molar-refractivity contribution in [3.8, 4) is 22.5 Å². The van der Waals surface area contributed by atoms with Gasteiger partial charge >= 0.3 is 0 Å². The summed E-state index contributed by atoms with van der Waals surface area (Å²) < 4.78 is 1.88. The molecule has 0 spiro atoms. The third-order valence-electron chi connectivity index (χ3n) is 3.53. The van der Waals surface area contributed by atoms with Crippen molar-refractivity contribution in [2.45, 2.75) is 0 Å². The summed E-state index contributed by atoms with van der Waals surface area (Å²) in [5.41, 5.74) is 3.39. The van der Waals surface area contributed by atoms with Crippen LogP contribution in [0.5, 0.6) is 0 Å². The summed E-state index contributed by atoms with van der Waals surface area (Å²) >= 11 is 0. The Morgan fingerprint density at radius 2 is 1.43 bits per heavy atom. The van der Waals surface area contributed by atoms with Gasteiger partial charge in [0, 0.05) is 18.7 Å². The fourth-order valence-electron chi connectivity index (χ4n) is 2.55. The van der Waals surface area contributed by atoms with Crippen molar-refractivity contribution in [1.82, 2.24) is 4.57 Å². The van der Waals surface area contributed by atoms with Crippen molar-refractivity contribution in [1.29, 1.82) is 0 Å². The minimum absolute atomic E-state index is 0.127. The maximum atomic E-state index is 11.4. The molecular formula is C17H14N2O2. The highest BCUT2D eigenvalue weighted by Crippen LogP contribution is 2.36. The van der Waals surface area contributed by atoms with Crippen LogP contribution in [0.4, 0.5) is 5.69 Å². The topological polar surface area (TPSA) is 48.1 Å². The highest BCUT2D eigenvalue weighted by molar-refractivity contribution is 5.78. The van der Waals surface area contributed by atoms with Gasteiger partial charge in [0.1, 0.15) is 5.69 Å². The summed E-state index contributed by atoms with van der Waals surface area (Å²) in [5, 5.41) is 11.4. The Morgan fingerprint density at radius 3 is 1.95 bits per heavy atom. The van der Waals surface area contributed by atoms with E-state index in [0.717, 1.165) is 16.8 Å². The molecule has 0 aliphatic carbocycles. The van der Waals surface area contributed by atoms with Crippen LogP contribution in [0, 0.1) is 10.1 Å². The lowest BCUT2D eigenvalue weighted by Gasteiger charge is -2.07. The van der Waals surface area contributed by atoms with E-state index in [1.807, 2.05) is 72.3 Å². The summed E-state index contributed by atoms with van der Waals surface area (Å²) in [4.78, 5) is 11.1. The van der Waals surface area contributed by atoms with Gasteiger partial charge in [0.05, 0.1) is 10.6 Å². The standard InChI is InChI=1S/C17H14N2O2/c1-18-15(13-8-4-2-5-9-13)12-16(19(20)21)17(18)14-10-6-3-7-11-14/h2-12H,1H3. The lowest BCUT2D eigenvalue weighted by Crippen LogP contribution is -1.96. The van der Waals surface area contributed by atoms with Crippen molar-refractivity contribution in [3.05, 3.63) is 76.8 Å². The van der Waals surface area contributed by atoms with Crippen molar-refractivity contribution < 1.29 is 4.92 Å². The number of hydrogen-bond acceptors (Lipinski definition) is 2. The van der Waals surface area contributed by atoms with Gasteiger partial charge in [-0.15, -0.1) is 0 Å². The van der Waals surface area contributed by atoms with Crippen LogP contribution in [0.3, 0.4) is 0 Å². The fourth-order valence-corrected chi connectivity index (χ4v) is 2.55. The van der Waals surface area contributed by atoms with Gasteiger partial charge in [-0.25, -0.2) is 0 Å². The number of rotatable bonds is 3. The van der Waals surface area contributed by atoms with Crippen LogP contribution in [0.1, 0.15) is 0 Å². The highest BCUT2D eigenvalue weighted by Gasteiger charge is 2.23. The van der Waals surface area contributed by atoms with Gasteiger partial charge in [-0.2, -0.15) is 0 Å². The maximum absolute atomic E-state index is 11.4.